The van der Waals surface area contributed by atoms with Crippen LogP contribution in [0.2, 0.25) is 0 Å². The summed E-state index contributed by atoms with van der Waals surface area (Å²) in [5.41, 5.74) is 2.48. The van der Waals surface area contributed by atoms with Crippen LogP contribution in [0.3, 0.4) is 0 Å². The van der Waals surface area contributed by atoms with Crippen molar-refractivity contribution in [3.63, 3.8) is 0 Å². The van der Waals surface area contributed by atoms with E-state index in [4.69, 9.17) is 4.74 Å². The molecule has 0 saturated carbocycles. The predicted molar refractivity (Wildman–Crippen MR) is 110 cm³/mol. The standard InChI is InChI=1S/C22H21N5O2/c1-15-25-20(13-21(26-15)27-19-6-4-3-5-17(19)14-23)22(28)24-12-11-16-7-9-18(29-2)10-8-16/h3-10,13H,11-12H2,1-2H3,(H,24,28)(H,25,26,27). The average Bonchev–Trinajstić information content (AvgIpc) is 2.74. The first-order chi connectivity index (χ1) is 14.1. The number of anilines is 2. The van der Waals surface area contributed by atoms with Gasteiger partial charge in [0.15, 0.2) is 0 Å². The zero-order chi connectivity index (χ0) is 20.6. The summed E-state index contributed by atoms with van der Waals surface area (Å²) in [5, 5.41) is 15.2. The normalized spacial score (nSPS) is 10.1. The van der Waals surface area contributed by atoms with Gasteiger partial charge in [-0.15, -0.1) is 0 Å². The van der Waals surface area contributed by atoms with E-state index in [2.05, 4.69) is 26.7 Å². The molecule has 0 unspecified atom stereocenters. The van der Waals surface area contributed by atoms with Crippen LogP contribution in [0.4, 0.5) is 11.5 Å². The highest BCUT2D eigenvalue weighted by Crippen LogP contribution is 2.19. The summed E-state index contributed by atoms with van der Waals surface area (Å²) in [6.07, 6.45) is 0.695. The van der Waals surface area contributed by atoms with Crippen LogP contribution in [0.1, 0.15) is 27.4 Å². The highest BCUT2D eigenvalue weighted by atomic mass is 16.5. The van der Waals surface area contributed by atoms with Crippen LogP contribution in [-0.4, -0.2) is 29.5 Å². The average molecular weight is 387 g/mol. The van der Waals surface area contributed by atoms with Crippen molar-refractivity contribution in [2.45, 2.75) is 13.3 Å². The van der Waals surface area contributed by atoms with Gasteiger partial charge in [0, 0.05) is 12.6 Å². The number of hydrogen-bond donors (Lipinski definition) is 2. The maximum Gasteiger partial charge on any atom is 0.270 e. The number of para-hydroxylation sites is 1. The Balaban J connectivity index is 1.65. The number of carbonyl (C=O) groups excluding carboxylic acids is 1. The van der Waals surface area contributed by atoms with Crippen LogP contribution in [0, 0.1) is 18.3 Å². The van der Waals surface area contributed by atoms with Gasteiger partial charge >= 0.3 is 0 Å². The molecular formula is C22H21N5O2. The Hall–Kier alpha value is -3.92. The van der Waals surface area contributed by atoms with Crippen LogP contribution in [-0.2, 0) is 6.42 Å². The molecule has 0 saturated heterocycles. The summed E-state index contributed by atoms with van der Waals surface area (Å²) in [7, 11) is 1.63. The number of nitrogens with one attached hydrogen (secondary N) is 2. The van der Waals surface area contributed by atoms with Crippen LogP contribution in [0.25, 0.3) is 0 Å². The van der Waals surface area contributed by atoms with E-state index >= 15 is 0 Å². The molecule has 2 N–H and O–H groups in total. The van der Waals surface area contributed by atoms with Crippen molar-refractivity contribution in [2.75, 3.05) is 19.0 Å². The van der Waals surface area contributed by atoms with Gasteiger partial charge in [-0.05, 0) is 43.2 Å². The summed E-state index contributed by atoms with van der Waals surface area (Å²) in [6.45, 7) is 2.20. The SMILES string of the molecule is COc1ccc(CCNC(=O)c2cc(Nc3ccccc3C#N)nc(C)n2)cc1. The molecule has 1 aromatic heterocycles. The number of benzene rings is 2. The molecule has 0 bridgehead atoms. The van der Waals surface area contributed by atoms with Gasteiger partial charge in [-0.1, -0.05) is 24.3 Å². The first-order valence-corrected chi connectivity index (χ1v) is 9.12. The Kier molecular flexibility index (Phi) is 6.38. The summed E-state index contributed by atoms with van der Waals surface area (Å²) >= 11 is 0. The van der Waals surface area contributed by atoms with Crippen LogP contribution in [0.15, 0.2) is 54.6 Å². The number of amides is 1. The molecule has 1 heterocycles. The second-order valence-electron chi connectivity index (χ2n) is 6.32. The largest absolute Gasteiger partial charge is 0.497 e. The number of hydrogen-bond acceptors (Lipinski definition) is 6. The molecule has 0 radical (unpaired) electrons. The van der Waals surface area contributed by atoms with Crippen molar-refractivity contribution in [1.82, 2.24) is 15.3 Å². The van der Waals surface area contributed by atoms with E-state index in [0.29, 0.717) is 35.9 Å². The molecule has 0 fully saturated rings. The van der Waals surface area contributed by atoms with Gasteiger partial charge < -0.3 is 15.4 Å². The zero-order valence-corrected chi connectivity index (χ0v) is 16.3. The lowest BCUT2D eigenvalue weighted by molar-refractivity contribution is 0.0949. The number of ether oxygens (including phenoxy) is 1. The van der Waals surface area contributed by atoms with E-state index < -0.39 is 0 Å². The third kappa shape index (κ3) is 5.30. The number of carbonyl (C=O) groups is 1. The molecule has 1 amide bonds. The quantitative estimate of drug-likeness (QED) is 0.645. The molecule has 0 spiro atoms. The highest BCUT2D eigenvalue weighted by Gasteiger charge is 2.11. The van der Waals surface area contributed by atoms with Gasteiger partial charge in [-0.25, -0.2) is 9.97 Å². The monoisotopic (exact) mass is 387 g/mol. The number of methoxy groups -OCH3 is 1. The van der Waals surface area contributed by atoms with Crippen molar-refractivity contribution < 1.29 is 9.53 Å². The molecule has 0 aliphatic heterocycles. The smallest absolute Gasteiger partial charge is 0.270 e. The fraction of sp³-hybridized carbons (Fsp3) is 0.182. The lowest BCUT2D eigenvalue weighted by Crippen LogP contribution is -2.27. The van der Waals surface area contributed by atoms with Gasteiger partial charge in [0.2, 0.25) is 0 Å². The number of nitrogens with zero attached hydrogens (tertiary/aromatic N) is 3. The molecule has 2 aromatic carbocycles. The maximum atomic E-state index is 12.5. The molecule has 29 heavy (non-hydrogen) atoms. The zero-order valence-electron chi connectivity index (χ0n) is 16.3. The van der Waals surface area contributed by atoms with E-state index in [0.717, 1.165) is 11.3 Å². The molecule has 7 nitrogen and oxygen atoms in total. The van der Waals surface area contributed by atoms with E-state index in [1.165, 1.54) is 0 Å². The number of aromatic nitrogens is 2. The molecule has 7 heteroatoms. The Morgan fingerprint density at radius 2 is 1.90 bits per heavy atom. The molecule has 0 aliphatic carbocycles. The molecule has 146 valence electrons. The van der Waals surface area contributed by atoms with Gasteiger partial charge in [0.05, 0.1) is 18.4 Å². The topological polar surface area (TPSA) is 99.9 Å². The van der Waals surface area contributed by atoms with Crippen molar-refractivity contribution >= 4 is 17.4 Å². The summed E-state index contributed by atoms with van der Waals surface area (Å²) in [6, 6.07) is 18.5. The Bertz CT molecular complexity index is 1040. The second-order valence-corrected chi connectivity index (χ2v) is 6.32. The summed E-state index contributed by atoms with van der Waals surface area (Å²) in [5.74, 6) is 1.44. The number of rotatable bonds is 7. The first-order valence-electron chi connectivity index (χ1n) is 9.12. The predicted octanol–water partition coefficient (Wildman–Crippen LogP) is 3.38. The van der Waals surface area contributed by atoms with Crippen LogP contribution < -0.4 is 15.4 Å². The molecule has 3 aromatic rings. The van der Waals surface area contributed by atoms with Gasteiger partial charge in [0.25, 0.3) is 5.91 Å². The summed E-state index contributed by atoms with van der Waals surface area (Å²) < 4.78 is 5.14. The Morgan fingerprint density at radius 1 is 1.14 bits per heavy atom. The minimum Gasteiger partial charge on any atom is -0.497 e. The lowest BCUT2D eigenvalue weighted by atomic mass is 10.1. The fourth-order valence-corrected chi connectivity index (χ4v) is 2.78. The Labute approximate surface area is 169 Å². The minimum atomic E-state index is -0.277. The highest BCUT2D eigenvalue weighted by molar-refractivity contribution is 5.93. The first kappa shape index (κ1) is 19.8. The van der Waals surface area contributed by atoms with Crippen molar-refractivity contribution in [1.29, 1.82) is 5.26 Å². The van der Waals surface area contributed by atoms with E-state index in [-0.39, 0.29) is 11.6 Å². The molecule has 3 rings (SSSR count). The third-order valence-electron chi connectivity index (χ3n) is 4.24. The lowest BCUT2D eigenvalue weighted by Gasteiger charge is -2.10. The van der Waals surface area contributed by atoms with Gasteiger partial charge in [-0.2, -0.15) is 5.26 Å². The summed E-state index contributed by atoms with van der Waals surface area (Å²) in [4.78, 5) is 21.0. The maximum absolute atomic E-state index is 12.5. The van der Waals surface area contributed by atoms with E-state index in [1.807, 2.05) is 30.3 Å². The second kappa shape index (κ2) is 9.33. The Morgan fingerprint density at radius 3 is 2.62 bits per heavy atom. The van der Waals surface area contributed by atoms with Crippen LogP contribution in [0.5, 0.6) is 5.75 Å². The van der Waals surface area contributed by atoms with Gasteiger partial charge in [-0.3, -0.25) is 4.79 Å². The molecule has 0 aliphatic rings. The van der Waals surface area contributed by atoms with E-state index in [9.17, 15) is 10.1 Å². The minimum absolute atomic E-state index is 0.268. The number of nitriles is 1. The fourth-order valence-electron chi connectivity index (χ4n) is 2.78. The number of aryl methyl sites for hydroxylation is 1. The third-order valence-corrected chi connectivity index (χ3v) is 4.24. The van der Waals surface area contributed by atoms with E-state index in [1.54, 1.807) is 38.3 Å². The van der Waals surface area contributed by atoms with Crippen molar-refractivity contribution in [2.24, 2.45) is 0 Å². The van der Waals surface area contributed by atoms with Gasteiger partial charge in [0.1, 0.15) is 29.2 Å². The molecule has 0 atom stereocenters. The molecular weight excluding hydrogens is 366 g/mol. The van der Waals surface area contributed by atoms with Crippen molar-refractivity contribution in [3.05, 3.63) is 77.2 Å². The van der Waals surface area contributed by atoms with Crippen LogP contribution >= 0.6 is 0 Å². The van der Waals surface area contributed by atoms with Crippen molar-refractivity contribution in [3.8, 4) is 11.8 Å².